The van der Waals surface area contributed by atoms with Gasteiger partial charge in [0.05, 0.1) is 17.9 Å². The van der Waals surface area contributed by atoms with Crippen LogP contribution in [-0.4, -0.2) is 81.8 Å². The van der Waals surface area contributed by atoms with Crippen molar-refractivity contribution < 1.29 is 18.0 Å². The van der Waals surface area contributed by atoms with Crippen LogP contribution >= 0.6 is 0 Å². The van der Waals surface area contributed by atoms with E-state index in [0.717, 1.165) is 35.0 Å². The number of hydrogen-bond donors (Lipinski definition) is 0. The van der Waals surface area contributed by atoms with Crippen molar-refractivity contribution in [3.8, 4) is 0 Å². The summed E-state index contributed by atoms with van der Waals surface area (Å²) in [4.78, 5) is 22.3. The fraction of sp³-hybridized carbons (Fsp3) is 0.667. The standard InChI is InChI=1S/C21H29F3N6O/c1-20(2,3)16-13-30-17(25-16)5-6-18(26-30)28-9-4-8-27(11-12-28)15-7-10-29(19(15)31)14-21(22,23)24/h5-6,13,15H,4,7-12,14H2,1-3H3. The second-order valence-electron chi connectivity index (χ2n) is 9.43. The van der Waals surface area contributed by atoms with Gasteiger partial charge in [-0.15, -0.1) is 5.10 Å². The van der Waals surface area contributed by atoms with Crippen LogP contribution in [0, 0.1) is 0 Å². The molecular formula is C21H29F3N6O. The van der Waals surface area contributed by atoms with Crippen molar-refractivity contribution in [3.05, 3.63) is 24.0 Å². The van der Waals surface area contributed by atoms with Crippen molar-refractivity contribution in [2.75, 3.05) is 44.2 Å². The van der Waals surface area contributed by atoms with Gasteiger partial charge in [-0.2, -0.15) is 13.2 Å². The second kappa shape index (κ2) is 7.96. The SMILES string of the molecule is CC(C)(C)c1cn2nc(N3CCCN(C4CCN(CC(F)(F)F)C4=O)CC3)ccc2n1. The number of hydrogen-bond acceptors (Lipinski definition) is 5. The molecule has 2 aliphatic rings. The lowest BCUT2D eigenvalue weighted by Gasteiger charge is -2.27. The van der Waals surface area contributed by atoms with E-state index in [9.17, 15) is 18.0 Å². The fourth-order valence-electron chi connectivity index (χ4n) is 4.31. The highest BCUT2D eigenvalue weighted by Crippen LogP contribution is 2.25. The minimum Gasteiger partial charge on any atom is -0.354 e. The number of anilines is 1. The molecule has 1 unspecified atom stereocenters. The van der Waals surface area contributed by atoms with E-state index in [1.165, 1.54) is 0 Å². The van der Waals surface area contributed by atoms with Crippen LogP contribution < -0.4 is 4.90 Å². The molecule has 0 saturated carbocycles. The van der Waals surface area contributed by atoms with E-state index in [1.807, 2.05) is 23.2 Å². The van der Waals surface area contributed by atoms with Crippen LogP contribution in [0.3, 0.4) is 0 Å². The van der Waals surface area contributed by atoms with Crippen LogP contribution in [0.5, 0.6) is 0 Å². The lowest BCUT2D eigenvalue weighted by molar-refractivity contribution is -0.159. The Bertz CT molecular complexity index is 951. The third-order valence-electron chi connectivity index (χ3n) is 6.01. The van der Waals surface area contributed by atoms with Crippen LogP contribution in [-0.2, 0) is 10.2 Å². The van der Waals surface area contributed by atoms with Gasteiger partial charge in [-0.25, -0.2) is 9.50 Å². The van der Waals surface area contributed by atoms with Crippen LogP contribution in [0.4, 0.5) is 19.0 Å². The molecule has 0 aliphatic carbocycles. The third kappa shape index (κ3) is 4.78. The highest BCUT2D eigenvalue weighted by atomic mass is 19.4. The first-order valence-corrected chi connectivity index (χ1v) is 10.7. The van der Waals surface area contributed by atoms with Crippen molar-refractivity contribution in [1.82, 2.24) is 24.4 Å². The topological polar surface area (TPSA) is 57.0 Å². The number of halogens is 3. The molecule has 4 rings (SSSR count). The van der Waals surface area contributed by atoms with Gasteiger partial charge in [0, 0.05) is 38.1 Å². The number of fused-ring (bicyclic) bond motifs is 1. The monoisotopic (exact) mass is 438 g/mol. The van der Waals surface area contributed by atoms with Gasteiger partial charge in [0.2, 0.25) is 5.91 Å². The van der Waals surface area contributed by atoms with Crippen LogP contribution in [0.1, 0.15) is 39.3 Å². The molecule has 2 fully saturated rings. The summed E-state index contributed by atoms with van der Waals surface area (Å²) >= 11 is 0. The average molecular weight is 438 g/mol. The Balaban J connectivity index is 1.43. The number of nitrogens with zero attached hydrogens (tertiary/aromatic N) is 6. The number of imidazole rings is 1. The first kappa shape index (κ1) is 21.9. The molecule has 4 heterocycles. The largest absolute Gasteiger partial charge is 0.406 e. The predicted octanol–water partition coefficient (Wildman–Crippen LogP) is 2.70. The Morgan fingerprint density at radius 2 is 1.84 bits per heavy atom. The van der Waals surface area contributed by atoms with Gasteiger partial charge in [0.1, 0.15) is 12.4 Å². The maximum absolute atomic E-state index is 12.7. The van der Waals surface area contributed by atoms with E-state index in [4.69, 9.17) is 5.10 Å². The molecule has 2 aliphatic heterocycles. The number of alkyl halides is 3. The molecule has 1 atom stereocenters. The smallest absolute Gasteiger partial charge is 0.354 e. The Kier molecular flexibility index (Phi) is 5.61. The summed E-state index contributed by atoms with van der Waals surface area (Å²) in [6.45, 7) is 8.09. The third-order valence-corrected chi connectivity index (χ3v) is 6.01. The van der Waals surface area contributed by atoms with Crippen LogP contribution in [0.25, 0.3) is 5.65 Å². The van der Waals surface area contributed by atoms with Gasteiger partial charge in [-0.05, 0) is 25.0 Å². The first-order valence-electron chi connectivity index (χ1n) is 10.7. The molecule has 2 saturated heterocycles. The minimum absolute atomic E-state index is 0.0647. The summed E-state index contributed by atoms with van der Waals surface area (Å²) in [6.07, 6.45) is -1.14. The highest BCUT2D eigenvalue weighted by molar-refractivity contribution is 5.84. The van der Waals surface area contributed by atoms with Gasteiger partial charge in [0.25, 0.3) is 0 Å². The Hall–Kier alpha value is -2.36. The van der Waals surface area contributed by atoms with Crippen molar-refractivity contribution in [1.29, 1.82) is 0 Å². The molecular weight excluding hydrogens is 409 g/mol. The average Bonchev–Trinajstić information content (AvgIpc) is 3.16. The predicted molar refractivity (Wildman–Crippen MR) is 111 cm³/mol. The summed E-state index contributed by atoms with van der Waals surface area (Å²) in [5, 5.41) is 4.73. The zero-order valence-electron chi connectivity index (χ0n) is 18.2. The van der Waals surface area contributed by atoms with Gasteiger partial charge in [-0.3, -0.25) is 9.69 Å². The molecule has 2 aromatic heterocycles. The van der Waals surface area contributed by atoms with E-state index in [0.29, 0.717) is 26.1 Å². The van der Waals surface area contributed by atoms with Gasteiger partial charge < -0.3 is 9.80 Å². The maximum atomic E-state index is 12.7. The maximum Gasteiger partial charge on any atom is 0.406 e. The number of carbonyl (C=O) groups excluding carboxylic acids is 1. The molecule has 31 heavy (non-hydrogen) atoms. The summed E-state index contributed by atoms with van der Waals surface area (Å²) in [7, 11) is 0. The van der Waals surface area contributed by atoms with Crippen molar-refractivity contribution in [3.63, 3.8) is 0 Å². The fourth-order valence-corrected chi connectivity index (χ4v) is 4.31. The molecule has 0 radical (unpaired) electrons. The zero-order chi connectivity index (χ0) is 22.4. The normalized spacial score (nSPS) is 21.9. The molecule has 10 heteroatoms. The molecule has 0 aromatic carbocycles. The summed E-state index contributed by atoms with van der Waals surface area (Å²) in [5.74, 6) is 0.433. The van der Waals surface area contributed by atoms with E-state index in [-0.39, 0.29) is 12.0 Å². The van der Waals surface area contributed by atoms with Crippen LogP contribution in [0.2, 0.25) is 0 Å². The van der Waals surface area contributed by atoms with Gasteiger partial charge in [-0.1, -0.05) is 20.8 Å². The first-order chi connectivity index (χ1) is 14.5. The molecule has 0 N–H and O–H groups in total. The molecule has 7 nitrogen and oxygen atoms in total. The Labute approximate surface area is 179 Å². The Morgan fingerprint density at radius 3 is 2.55 bits per heavy atom. The van der Waals surface area contributed by atoms with Crippen molar-refractivity contribution >= 4 is 17.4 Å². The number of likely N-dealkylation sites (tertiary alicyclic amines) is 1. The number of carbonyl (C=O) groups is 1. The van der Waals surface area contributed by atoms with Gasteiger partial charge in [0.15, 0.2) is 5.65 Å². The number of aromatic nitrogens is 3. The van der Waals surface area contributed by atoms with E-state index >= 15 is 0 Å². The summed E-state index contributed by atoms with van der Waals surface area (Å²) in [6, 6.07) is 3.45. The van der Waals surface area contributed by atoms with E-state index in [1.54, 1.807) is 4.52 Å². The molecule has 170 valence electrons. The van der Waals surface area contributed by atoms with Crippen molar-refractivity contribution in [2.24, 2.45) is 0 Å². The lowest BCUT2D eigenvalue weighted by Crippen LogP contribution is -2.45. The van der Waals surface area contributed by atoms with E-state index in [2.05, 4.69) is 30.7 Å². The van der Waals surface area contributed by atoms with Crippen LogP contribution in [0.15, 0.2) is 18.3 Å². The quantitative estimate of drug-likeness (QED) is 0.738. The van der Waals surface area contributed by atoms with Gasteiger partial charge >= 0.3 is 6.18 Å². The number of amides is 1. The molecule has 2 aromatic rings. The molecule has 1 amide bonds. The molecule has 0 spiro atoms. The summed E-state index contributed by atoms with van der Waals surface area (Å²) in [5.41, 5.74) is 1.71. The zero-order valence-corrected chi connectivity index (χ0v) is 18.2. The number of rotatable bonds is 3. The minimum atomic E-state index is -4.36. The van der Waals surface area contributed by atoms with E-state index < -0.39 is 24.7 Å². The Morgan fingerprint density at radius 1 is 1.06 bits per heavy atom. The lowest BCUT2D eigenvalue weighted by atomic mass is 9.93. The summed E-state index contributed by atoms with van der Waals surface area (Å²) < 4.78 is 39.9. The molecule has 0 bridgehead atoms. The van der Waals surface area contributed by atoms with Crippen molar-refractivity contribution in [2.45, 2.75) is 51.2 Å². The second-order valence-corrected chi connectivity index (χ2v) is 9.43. The highest BCUT2D eigenvalue weighted by Gasteiger charge is 2.41.